The van der Waals surface area contributed by atoms with Crippen LogP contribution in [0.3, 0.4) is 0 Å². The molecule has 0 aliphatic heterocycles. The minimum Gasteiger partial charge on any atom is -0.478 e. The molecule has 2 N–H and O–H groups in total. The minimum atomic E-state index is -0.995. The van der Waals surface area contributed by atoms with Crippen LogP contribution in [0.25, 0.3) is 0 Å². The highest BCUT2D eigenvalue weighted by atomic mass is 32.2. The van der Waals surface area contributed by atoms with E-state index in [0.717, 1.165) is 5.75 Å². The van der Waals surface area contributed by atoms with Crippen LogP contribution in [0.1, 0.15) is 28.4 Å². The zero-order valence-electron chi connectivity index (χ0n) is 13.1. The van der Waals surface area contributed by atoms with Crippen LogP contribution >= 0.6 is 11.8 Å². The SMILES string of the molecule is Cc1c(NC(=O)C(C)SCc2ccccc2)cccc1C(=O)O. The minimum absolute atomic E-state index is 0.128. The summed E-state index contributed by atoms with van der Waals surface area (Å²) in [4.78, 5) is 23.4. The topological polar surface area (TPSA) is 66.4 Å². The molecule has 23 heavy (non-hydrogen) atoms. The second-order valence-electron chi connectivity index (χ2n) is 5.21. The van der Waals surface area contributed by atoms with Crippen molar-refractivity contribution in [2.75, 3.05) is 5.32 Å². The summed E-state index contributed by atoms with van der Waals surface area (Å²) in [6, 6.07) is 14.8. The first-order valence-electron chi connectivity index (χ1n) is 7.28. The molecule has 0 aromatic heterocycles. The van der Waals surface area contributed by atoms with Crippen LogP contribution < -0.4 is 5.32 Å². The Morgan fingerprint density at radius 2 is 1.83 bits per heavy atom. The molecule has 0 aliphatic carbocycles. The van der Waals surface area contributed by atoms with Gasteiger partial charge in [0.05, 0.1) is 10.8 Å². The van der Waals surface area contributed by atoms with E-state index < -0.39 is 5.97 Å². The van der Waals surface area contributed by atoms with Crippen LogP contribution in [0.2, 0.25) is 0 Å². The summed E-state index contributed by atoms with van der Waals surface area (Å²) in [5.74, 6) is -0.370. The Morgan fingerprint density at radius 3 is 2.48 bits per heavy atom. The van der Waals surface area contributed by atoms with Gasteiger partial charge in [0.2, 0.25) is 5.91 Å². The highest BCUT2D eigenvalue weighted by Crippen LogP contribution is 2.22. The van der Waals surface area contributed by atoms with Gasteiger partial charge >= 0.3 is 5.97 Å². The number of benzene rings is 2. The maximum Gasteiger partial charge on any atom is 0.336 e. The van der Waals surface area contributed by atoms with Gasteiger partial charge in [-0.25, -0.2) is 4.79 Å². The van der Waals surface area contributed by atoms with E-state index in [1.54, 1.807) is 30.8 Å². The Kier molecular flexibility index (Phi) is 5.82. The third kappa shape index (κ3) is 4.60. The Morgan fingerprint density at radius 1 is 1.13 bits per heavy atom. The summed E-state index contributed by atoms with van der Waals surface area (Å²) < 4.78 is 0. The van der Waals surface area contributed by atoms with Crippen molar-refractivity contribution in [3.8, 4) is 0 Å². The molecule has 0 heterocycles. The predicted molar refractivity (Wildman–Crippen MR) is 94.0 cm³/mol. The normalized spacial score (nSPS) is 11.7. The summed E-state index contributed by atoms with van der Waals surface area (Å²) in [7, 11) is 0. The first kappa shape index (κ1) is 17.1. The molecule has 0 radical (unpaired) electrons. The molecule has 1 amide bonds. The van der Waals surface area contributed by atoms with Gasteiger partial charge in [0.15, 0.2) is 0 Å². The van der Waals surface area contributed by atoms with Gasteiger partial charge in [-0.1, -0.05) is 36.4 Å². The number of carboxylic acids is 1. The molecule has 120 valence electrons. The number of carboxylic acid groups (broad SMARTS) is 1. The van der Waals surface area contributed by atoms with Crippen molar-refractivity contribution in [2.45, 2.75) is 24.9 Å². The number of hydrogen-bond acceptors (Lipinski definition) is 3. The number of amides is 1. The van der Waals surface area contributed by atoms with Gasteiger partial charge in [-0.05, 0) is 37.1 Å². The van der Waals surface area contributed by atoms with Gasteiger partial charge in [-0.3, -0.25) is 4.79 Å². The number of hydrogen-bond donors (Lipinski definition) is 2. The molecule has 0 saturated heterocycles. The standard InChI is InChI=1S/C18H19NO3S/c1-12-15(18(21)22)9-6-10-16(12)19-17(20)13(2)23-11-14-7-4-3-5-8-14/h3-10,13H,11H2,1-2H3,(H,19,20)(H,21,22). The van der Waals surface area contributed by atoms with E-state index in [2.05, 4.69) is 5.32 Å². The summed E-state index contributed by atoms with van der Waals surface area (Å²) in [5.41, 5.74) is 2.48. The predicted octanol–water partition coefficient (Wildman–Crippen LogP) is 3.95. The Hall–Kier alpha value is -2.27. The van der Waals surface area contributed by atoms with Gasteiger partial charge in [0, 0.05) is 11.4 Å². The average molecular weight is 329 g/mol. The molecule has 0 aliphatic rings. The maximum atomic E-state index is 12.3. The molecule has 0 spiro atoms. The van der Waals surface area contributed by atoms with Crippen LogP contribution in [-0.2, 0) is 10.5 Å². The highest BCUT2D eigenvalue weighted by Gasteiger charge is 2.16. The average Bonchev–Trinajstić information content (AvgIpc) is 2.55. The number of thioether (sulfide) groups is 1. The maximum absolute atomic E-state index is 12.3. The zero-order valence-corrected chi connectivity index (χ0v) is 13.9. The Bertz CT molecular complexity index is 701. The van der Waals surface area contributed by atoms with E-state index in [4.69, 9.17) is 5.11 Å². The number of carbonyl (C=O) groups is 2. The van der Waals surface area contributed by atoms with E-state index in [1.165, 1.54) is 11.6 Å². The van der Waals surface area contributed by atoms with E-state index in [9.17, 15) is 9.59 Å². The number of nitrogens with one attached hydrogen (secondary N) is 1. The summed E-state index contributed by atoms with van der Waals surface area (Å²) in [6.07, 6.45) is 0. The molecule has 5 heteroatoms. The molecular weight excluding hydrogens is 310 g/mol. The Labute approximate surface area is 139 Å². The molecule has 1 unspecified atom stereocenters. The fourth-order valence-electron chi connectivity index (χ4n) is 2.11. The van der Waals surface area contributed by atoms with Gasteiger partial charge in [0.25, 0.3) is 0 Å². The monoisotopic (exact) mass is 329 g/mol. The summed E-state index contributed by atoms with van der Waals surface area (Å²) in [6.45, 7) is 3.54. The number of anilines is 1. The fourth-order valence-corrected chi connectivity index (χ4v) is 2.95. The van der Waals surface area contributed by atoms with Crippen LogP contribution in [0.4, 0.5) is 5.69 Å². The largest absolute Gasteiger partial charge is 0.478 e. The summed E-state index contributed by atoms with van der Waals surface area (Å²) in [5, 5.41) is 11.7. The van der Waals surface area contributed by atoms with Gasteiger partial charge in [0.1, 0.15) is 0 Å². The van der Waals surface area contributed by atoms with Crippen LogP contribution in [-0.4, -0.2) is 22.2 Å². The first-order valence-corrected chi connectivity index (χ1v) is 8.33. The molecule has 2 rings (SSSR count). The number of carbonyl (C=O) groups excluding carboxylic acids is 1. The molecule has 2 aromatic rings. The molecular formula is C18H19NO3S. The third-order valence-electron chi connectivity index (χ3n) is 3.53. The molecule has 4 nitrogen and oxygen atoms in total. The fraction of sp³-hybridized carbons (Fsp3) is 0.222. The van der Waals surface area contributed by atoms with Crippen molar-refractivity contribution in [1.82, 2.24) is 0 Å². The van der Waals surface area contributed by atoms with Crippen LogP contribution in [0.15, 0.2) is 48.5 Å². The van der Waals surface area contributed by atoms with Gasteiger partial charge in [-0.15, -0.1) is 11.8 Å². The van der Waals surface area contributed by atoms with Crippen molar-refractivity contribution < 1.29 is 14.7 Å². The quantitative estimate of drug-likeness (QED) is 0.842. The lowest BCUT2D eigenvalue weighted by molar-refractivity contribution is -0.115. The number of aromatic carboxylic acids is 1. The second-order valence-corrected chi connectivity index (χ2v) is 6.54. The zero-order chi connectivity index (χ0) is 16.8. The van der Waals surface area contributed by atoms with Gasteiger partial charge < -0.3 is 10.4 Å². The molecule has 0 fully saturated rings. The van der Waals surface area contributed by atoms with Crippen molar-refractivity contribution in [1.29, 1.82) is 0 Å². The summed E-state index contributed by atoms with van der Waals surface area (Å²) >= 11 is 1.54. The smallest absolute Gasteiger partial charge is 0.336 e. The Balaban J connectivity index is 1.98. The van der Waals surface area contributed by atoms with E-state index in [1.807, 2.05) is 37.3 Å². The molecule has 0 saturated carbocycles. The van der Waals surface area contributed by atoms with E-state index in [-0.39, 0.29) is 16.7 Å². The van der Waals surface area contributed by atoms with Crippen molar-refractivity contribution in [3.63, 3.8) is 0 Å². The van der Waals surface area contributed by atoms with E-state index >= 15 is 0 Å². The molecule has 0 bridgehead atoms. The van der Waals surface area contributed by atoms with Crippen molar-refractivity contribution >= 4 is 29.3 Å². The lowest BCUT2D eigenvalue weighted by atomic mass is 10.1. The first-order chi connectivity index (χ1) is 11.0. The van der Waals surface area contributed by atoms with Crippen LogP contribution in [0, 0.1) is 6.92 Å². The third-order valence-corrected chi connectivity index (χ3v) is 4.75. The van der Waals surface area contributed by atoms with E-state index in [0.29, 0.717) is 11.3 Å². The van der Waals surface area contributed by atoms with Crippen LogP contribution in [0.5, 0.6) is 0 Å². The second kappa shape index (κ2) is 7.83. The molecule has 1 atom stereocenters. The molecule has 2 aromatic carbocycles. The van der Waals surface area contributed by atoms with Gasteiger partial charge in [-0.2, -0.15) is 0 Å². The van der Waals surface area contributed by atoms with Crippen molar-refractivity contribution in [3.05, 3.63) is 65.2 Å². The van der Waals surface area contributed by atoms with Crippen molar-refractivity contribution in [2.24, 2.45) is 0 Å². The highest BCUT2D eigenvalue weighted by molar-refractivity contribution is 7.99. The lowest BCUT2D eigenvalue weighted by Gasteiger charge is -2.14. The number of rotatable bonds is 6. The lowest BCUT2D eigenvalue weighted by Crippen LogP contribution is -2.23.